The van der Waals surface area contributed by atoms with Crippen LogP contribution in [0.2, 0.25) is 0 Å². The van der Waals surface area contributed by atoms with Crippen molar-refractivity contribution < 1.29 is 0 Å². The molecule has 3 rings (SSSR count). The summed E-state index contributed by atoms with van der Waals surface area (Å²) in [5.41, 5.74) is 14.4. The van der Waals surface area contributed by atoms with E-state index in [1.165, 1.54) is 0 Å². The minimum atomic E-state index is -1.13. The zero-order valence-corrected chi connectivity index (χ0v) is 13.1. The van der Waals surface area contributed by atoms with Crippen LogP contribution >= 0.6 is 11.6 Å². The number of nitrogens with zero attached hydrogens (tertiary/aromatic N) is 2. The van der Waals surface area contributed by atoms with Crippen LogP contribution < -0.4 is 11.5 Å². The van der Waals surface area contributed by atoms with Crippen LogP contribution in [0.4, 0.5) is 0 Å². The second kappa shape index (κ2) is 5.72. The molecule has 0 bridgehead atoms. The van der Waals surface area contributed by atoms with Crippen LogP contribution in [0.5, 0.6) is 0 Å². The van der Waals surface area contributed by atoms with Gasteiger partial charge in [-0.2, -0.15) is 0 Å². The van der Waals surface area contributed by atoms with Crippen LogP contribution in [-0.4, -0.2) is 15.6 Å². The smallest absolute Gasteiger partial charge is 0.140 e. The molecule has 4 N–H and O–H groups in total. The van der Waals surface area contributed by atoms with Gasteiger partial charge in [0.1, 0.15) is 10.6 Å². The Labute approximate surface area is 134 Å². The second-order valence-electron chi connectivity index (χ2n) is 5.58. The Morgan fingerprint density at radius 3 is 2.55 bits per heavy atom. The van der Waals surface area contributed by atoms with Crippen LogP contribution in [0, 0.1) is 0 Å². The Hall–Kier alpha value is -1.88. The van der Waals surface area contributed by atoms with Crippen molar-refractivity contribution in [3.63, 3.8) is 0 Å². The van der Waals surface area contributed by atoms with Crippen LogP contribution in [0.15, 0.2) is 60.9 Å². The number of pyridine rings is 1. The van der Waals surface area contributed by atoms with E-state index >= 15 is 0 Å². The topological polar surface area (TPSA) is 69.9 Å². The van der Waals surface area contributed by atoms with E-state index in [-0.39, 0.29) is 12.1 Å². The molecule has 0 amide bonds. The number of aromatic nitrogens is 2. The van der Waals surface area contributed by atoms with Crippen molar-refractivity contribution in [3.05, 3.63) is 66.5 Å². The van der Waals surface area contributed by atoms with Gasteiger partial charge in [0.15, 0.2) is 0 Å². The van der Waals surface area contributed by atoms with Crippen molar-refractivity contribution in [1.82, 2.24) is 9.55 Å². The first-order chi connectivity index (χ1) is 10.5. The van der Waals surface area contributed by atoms with Gasteiger partial charge in [-0.3, -0.25) is 0 Å². The quantitative estimate of drug-likeness (QED) is 0.574. The summed E-state index contributed by atoms with van der Waals surface area (Å²) >= 11 is 6.76. The van der Waals surface area contributed by atoms with E-state index in [0.29, 0.717) is 0 Å². The zero-order chi connectivity index (χ0) is 15.7. The Kier molecular flexibility index (Phi) is 3.91. The molecule has 0 spiro atoms. The normalized spacial score (nSPS) is 17.1. The van der Waals surface area contributed by atoms with Gasteiger partial charge in [0.25, 0.3) is 0 Å². The van der Waals surface area contributed by atoms with E-state index in [2.05, 4.69) is 4.98 Å². The second-order valence-corrected chi connectivity index (χ2v) is 6.20. The van der Waals surface area contributed by atoms with Crippen LogP contribution in [0.1, 0.15) is 18.5 Å². The number of alkyl halides is 1. The van der Waals surface area contributed by atoms with Gasteiger partial charge in [-0.05, 0) is 30.7 Å². The molecular formula is C17H19ClN4. The van der Waals surface area contributed by atoms with Gasteiger partial charge in [0.05, 0.1) is 6.04 Å². The van der Waals surface area contributed by atoms with E-state index in [0.717, 1.165) is 16.6 Å². The molecule has 5 heteroatoms. The molecule has 2 heterocycles. The monoisotopic (exact) mass is 314 g/mol. The lowest BCUT2D eigenvalue weighted by atomic mass is 9.94. The average molecular weight is 315 g/mol. The number of nitrogens with two attached hydrogens (primary N) is 2. The Morgan fingerprint density at radius 1 is 1.14 bits per heavy atom. The molecule has 3 unspecified atom stereocenters. The van der Waals surface area contributed by atoms with Gasteiger partial charge < -0.3 is 16.0 Å². The lowest BCUT2D eigenvalue weighted by molar-refractivity contribution is 0.333. The molecule has 114 valence electrons. The van der Waals surface area contributed by atoms with Gasteiger partial charge in [-0.25, -0.2) is 4.98 Å². The summed E-state index contributed by atoms with van der Waals surface area (Å²) in [6, 6.07) is 14.9. The number of rotatable bonds is 4. The van der Waals surface area contributed by atoms with Gasteiger partial charge >= 0.3 is 0 Å². The first-order valence-corrected chi connectivity index (χ1v) is 7.60. The Bertz CT molecular complexity index is 764. The summed E-state index contributed by atoms with van der Waals surface area (Å²) in [5.74, 6) is 0. The number of benzene rings is 1. The summed E-state index contributed by atoms with van der Waals surface area (Å²) in [4.78, 5) is 3.32. The largest absolute Gasteiger partial charge is 0.326 e. The fraction of sp³-hybridized carbons (Fsp3) is 0.235. The summed E-state index contributed by atoms with van der Waals surface area (Å²) in [6.07, 6.45) is 3.70. The predicted molar refractivity (Wildman–Crippen MR) is 90.6 cm³/mol. The van der Waals surface area contributed by atoms with Gasteiger partial charge in [-0.1, -0.05) is 41.9 Å². The lowest BCUT2D eigenvalue weighted by Crippen LogP contribution is -2.47. The van der Waals surface area contributed by atoms with Crippen molar-refractivity contribution in [3.8, 4) is 0 Å². The molecule has 4 nitrogen and oxygen atoms in total. The average Bonchev–Trinajstić information content (AvgIpc) is 2.92. The first-order valence-electron chi connectivity index (χ1n) is 7.22. The molecule has 3 aromatic rings. The molecule has 22 heavy (non-hydrogen) atoms. The fourth-order valence-electron chi connectivity index (χ4n) is 2.91. The van der Waals surface area contributed by atoms with E-state index in [4.69, 9.17) is 23.1 Å². The SMILES string of the molecule is CC(N)C(n1ccc2cccnc21)C(N)(Cl)c1ccccc1. The third kappa shape index (κ3) is 2.50. The highest BCUT2D eigenvalue weighted by Gasteiger charge is 2.39. The predicted octanol–water partition coefficient (Wildman–Crippen LogP) is 2.98. The van der Waals surface area contributed by atoms with E-state index in [1.807, 2.05) is 66.2 Å². The first kappa shape index (κ1) is 15.0. The summed E-state index contributed by atoms with van der Waals surface area (Å²) in [5, 5.41) is 1.04. The van der Waals surface area contributed by atoms with Crippen molar-refractivity contribution >= 4 is 22.6 Å². The zero-order valence-electron chi connectivity index (χ0n) is 12.4. The maximum atomic E-state index is 6.76. The maximum absolute atomic E-state index is 6.76. The van der Waals surface area contributed by atoms with E-state index in [1.54, 1.807) is 6.20 Å². The molecule has 2 aromatic heterocycles. The number of fused-ring (bicyclic) bond motifs is 1. The minimum Gasteiger partial charge on any atom is -0.326 e. The number of halogens is 1. The number of hydrogen-bond acceptors (Lipinski definition) is 3. The third-order valence-electron chi connectivity index (χ3n) is 3.92. The molecule has 3 atom stereocenters. The summed E-state index contributed by atoms with van der Waals surface area (Å²) in [6.45, 7) is 1.91. The van der Waals surface area contributed by atoms with E-state index in [9.17, 15) is 0 Å². The highest BCUT2D eigenvalue weighted by atomic mass is 35.5. The molecule has 0 saturated carbocycles. The highest BCUT2D eigenvalue weighted by Crippen LogP contribution is 2.38. The van der Waals surface area contributed by atoms with Crippen LogP contribution in [0.25, 0.3) is 11.0 Å². The standard InChI is InChI=1S/C17H19ClN4/c1-12(19)15(17(18,20)14-7-3-2-4-8-14)22-11-9-13-6-5-10-21-16(13)22/h2-12,15H,19-20H2,1H3. The maximum Gasteiger partial charge on any atom is 0.140 e. The van der Waals surface area contributed by atoms with Gasteiger partial charge in [0, 0.05) is 23.8 Å². The highest BCUT2D eigenvalue weighted by molar-refractivity contribution is 6.24. The molecule has 0 aliphatic heterocycles. The Morgan fingerprint density at radius 2 is 1.86 bits per heavy atom. The van der Waals surface area contributed by atoms with Gasteiger partial charge in [0.2, 0.25) is 0 Å². The van der Waals surface area contributed by atoms with Crippen molar-refractivity contribution in [2.24, 2.45) is 11.5 Å². The summed E-state index contributed by atoms with van der Waals surface area (Å²) < 4.78 is 1.97. The van der Waals surface area contributed by atoms with Gasteiger partial charge in [-0.15, -0.1) is 0 Å². The van der Waals surface area contributed by atoms with Crippen molar-refractivity contribution in [2.45, 2.75) is 24.0 Å². The van der Waals surface area contributed by atoms with Crippen LogP contribution in [0.3, 0.4) is 0 Å². The molecule has 0 fully saturated rings. The lowest BCUT2D eigenvalue weighted by Gasteiger charge is -2.36. The molecule has 1 aromatic carbocycles. The van der Waals surface area contributed by atoms with Crippen molar-refractivity contribution in [1.29, 1.82) is 0 Å². The van der Waals surface area contributed by atoms with Crippen LogP contribution in [-0.2, 0) is 5.00 Å². The van der Waals surface area contributed by atoms with Crippen molar-refractivity contribution in [2.75, 3.05) is 0 Å². The van der Waals surface area contributed by atoms with E-state index < -0.39 is 5.00 Å². The fourth-order valence-corrected chi connectivity index (χ4v) is 3.34. The molecule has 0 aliphatic rings. The number of hydrogen-bond donors (Lipinski definition) is 2. The Balaban J connectivity index is 2.14. The molecule has 0 saturated heterocycles. The third-order valence-corrected chi connectivity index (χ3v) is 4.36. The molecular weight excluding hydrogens is 296 g/mol. The molecule has 0 aliphatic carbocycles. The molecule has 0 radical (unpaired) electrons. The minimum absolute atomic E-state index is 0.250. The summed E-state index contributed by atoms with van der Waals surface area (Å²) in [7, 11) is 0.